The Morgan fingerprint density at radius 1 is 1.30 bits per heavy atom. The van der Waals surface area contributed by atoms with Crippen molar-refractivity contribution in [3.63, 3.8) is 0 Å². The molecular weight excluding hydrogens is 316 g/mol. The molecule has 0 saturated carbocycles. The molecule has 0 bridgehead atoms. The third kappa shape index (κ3) is 5.37. The number of rotatable bonds is 7. The van der Waals surface area contributed by atoms with Gasteiger partial charge in [-0.25, -0.2) is 0 Å². The van der Waals surface area contributed by atoms with Crippen molar-refractivity contribution in [2.24, 2.45) is 5.41 Å². The molecule has 2 N–H and O–H groups in total. The largest absolute Gasteiger partial charge is 0.497 e. The Hall–Kier alpha value is -1.30. The second-order valence-corrected chi connectivity index (χ2v) is 5.82. The average Bonchev–Trinajstić information content (AvgIpc) is 2.56. The first-order valence-electron chi connectivity index (χ1n) is 7.81. The molecule has 2 rings (SSSR count). The average molecular weight is 343 g/mol. The van der Waals surface area contributed by atoms with Crippen LogP contribution in [-0.4, -0.2) is 46.4 Å². The van der Waals surface area contributed by atoms with Gasteiger partial charge in [0.25, 0.3) is 0 Å². The second kappa shape index (κ2) is 9.75. The lowest BCUT2D eigenvalue weighted by Crippen LogP contribution is -2.50. The number of amides is 1. The van der Waals surface area contributed by atoms with E-state index >= 15 is 0 Å². The normalized spacial score (nSPS) is 16.3. The van der Waals surface area contributed by atoms with E-state index in [1.54, 1.807) is 14.2 Å². The van der Waals surface area contributed by atoms with Crippen molar-refractivity contribution in [3.8, 4) is 5.75 Å². The Morgan fingerprint density at radius 3 is 2.70 bits per heavy atom. The van der Waals surface area contributed by atoms with Crippen LogP contribution >= 0.6 is 12.4 Å². The van der Waals surface area contributed by atoms with Crippen LogP contribution in [0, 0.1) is 5.41 Å². The monoisotopic (exact) mass is 342 g/mol. The van der Waals surface area contributed by atoms with Crippen LogP contribution in [0.25, 0.3) is 0 Å². The Balaban J connectivity index is 0.00000264. The van der Waals surface area contributed by atoms with Crippen molar-refractivity contribution in [1.29, 1.82) is 0 Å². The first kappa shape index (κ1) is 19.7. The highest BCUT2D eigenvalue weighted by molar-refractivity contribution is 5.85. The number of piperidine rings is 1. The van der Waals surface area contributed by atoms with Gasteiger partial charge in [-0.2, -0.15) is 0 Å². The number of carbonyl (C=O) groups is 1. The smallest absolute Gasteiger partial charge is 0.228 e. The molecule has 0 spiro atoms. The summed E-state index contributed by atoms with van der Waals surface area (Å²) in [7, 11) is 3.32. The molecule has 1 aromatic carbocycles. The SMILES string of the molecule is COCC1(C(=O)NCCc2cccc(OC)c2)CCNCC1.Cl. The van der Waals surface area contributed by atoms with Gasteiger partial charge in [0.2, 0.25) is 5.91 Å². The van der Waals surface area contributed by atoms with Gasteiger partial charge in [-0.1, -0.05) is 12.1 Å². The van der Waals surface area contributed by atoms with Crippen LogP contribution in [0.5, 0.6) is 5.75 Å². The lowest BCUT2D eigenvalue weighted by atomic mass is 9.78. The van der Waals surface area contributed by atoms with Crippen LogP contribution in [0.3, 0.4) is 0 Å². The van der Waals surface area contributed by atoms with Gasteiger partial charge in [0.1, 0.15) is 5.75 Å². The predicted octanol–water partition coefficient (Wildman–Crippen LogP) is 1.79. The number of methoxy groups -OCH3 is 2. The topological polar surface area (TPSA) is 59.6 Å². The molecule has 6 heteroatoms. The van der Waals surface area contributed by atoms with E-state index in [9.17, 15) is 4.79 Å². The minimum absolute atomic E-state index is 0. The number of hydrogen-bond donors (Lipinski definition) is 2. The summed E-state index contributed by atoms with van der Waals surface area (Å²) in [5.74, 6) is 0.955. The van der Waals surface area contributed by atoms with Gasteiger partial charge in [-0.3, -0.25) is 4.79 Å². The van der Waals surface area contributed by atoms with E-state index in [0.29, 0.717) is 13.2 Å². The van der Waals surface area contributed by atoms with Crippen molar-refractivity contribution in [2.75, 3.05) is 40.5 Å². The molecule has 1 fully saturated rings. The molecule has 0 aliphatic carbocycles. The standard InChI is InChI=1S/C17H26N2O3.ClH/c1-21-13-17(7-10-18-11-8-17)16(20)19-9-6-14-4-3-5-15(12-14)22-2;/h3-5,12,18H,6-11,13H2,1-2H3,(H,19,20);1H. The maximum absolute atomic E-state index is 12.6. The zero-order valence-corrected chi connectivity index (χ0v) is 14.7. The van der Waals surface area contributed by atoms with E-state index < -0.39 is 0 Å². The Bertz CT molecular complexity index is 485. The summed E-state index contributed by atoms with van der Waals surface area (Å²) in [6.07, 6.45) is 2.45. The molecule has 0 aromatic heterocycles. The lowest BCUT2D eigenvalue weighted by Gasteiger charge is -2.35. The first-order chi connectivity index (χ1) is 10.7. The van der Waals surface area contributed by atoms with Crippen LogP contribution < -0.4 is 15.4 Å². The molecule has 1 heterocycles. The summed E-state index contributed by atoms with van der Waals surface area (Å²) in [6, 6.07) is 7.94. The maximum Gasteiger partial charge on any atom is 0.228 e. The minimum atomic E-state index is -0.381. The van der Waals surface area contributed by atoms with Crippen molar-refractivity contribution in [2.45, 2.75) is 19.3 Å². The maximum atomic E-state index is 12.6. The highest BCUT2D eigenvalue weighted by atomic mass is 35.5. The summed E-state index contributed by atoms with van der Waals surface area (Å²) in [5.41, 5.74) is 0.778. The molecule has 1 aliphatic heterocycles. The van der Waals surface area contributed by atoms with Crippen LogP contribution in [0.15, 0.2) is 24.3 Å². The van der Waals surface area contributed by atoms with Crippen molar-refractivity contribution in [3.05, 3.63) is 29.8 Å². The molecule has 1 aliphatic rings. The van der Waals surface area contributed by atoms with Crippen molar-refractivity contribution >= 4 is 18.3 Å². The van der Waals surface area contributed by atoms with Crippen LogP contribution in [0.4, 0.5) is 0 Å². The summed E-state index contributed by atoms with van der Waals surface area (Å²) < 4.78 is 10.5. The van der Waals surface area contributed by atoms with Crippen LogP contribution in [0.1, 0.15) is 18.4 Å². The van der Waals surface area contributed by atoms with Gasteiger partial charge in [-0.15, -0.1) is 12.4 Å². The number of hydrogen-bond acceptors (Lipinski definition) is 4. The molecule has 1 aromatic rings. The molecule has 5 nitrogen and oxygen atoms in total. The number of carbonyl (C=O) groups excluding carboxylic acids is 1. The molecule has 1 amide bonds. The molecule has 0 radical (unpaired) electrons. The molecular formula is C17H27ClN2O3. The van der Waals surface area contributed by atoms with E-state index in [1.165, 1.54) is 0 Å². The quantitative estimate of drug-likeness (QED) is 0.793. The first-order valence-corrected chi connectivity index (χ1v) is 7.81. The highest BCUT2D eigenvalue weighted by Crippen LogP contribution is 2.29. The fourth-order valence-electron chi connectivity index (χ4n) is 2.95. The van der Waals surface area contributed by atoms with E-state index in [4.69, 9.17) is 9.47 Å². The van der Waals surface area contributed by atoms with Crippen molar-refractivity contribution < 1.29 is 14.3 Å². The summed E-state index contributed by atoms with van der Waals surface area (Å²) >= 11 is 0. The number of halogens is 1. The second-order valence-electron chi connectivity index (χ2n) is 5.82. The van der Waals surface area contributed by atoms with Gasteiger partial charge in [0.15, 0.2) is 0 Å². The fraction of sp³-hybridized carbons (Fsp3) is 0.588. The predicted molar refractivity (Wildman–Crippen MR) is 93.4 cm³/mol. The number of ether oxygens (including phenoxy) is 2. The third-order valence-electron chi connectivity index (χ3n) is 4.30. The molecule has 0 atom stereocenters. The Kier molecular flexibility index (Phi) is 8.37. The Labute approximate surface area is 144 Å². The van der Waals surface area contributed by atoms with Gasteiger partial charge >= 0.3 is 0 Å². The summed E-state index contributed by atoms with van der Waals surface area (Å²) in [6.45, 7) is 2.85. The Morgan fingerprint density at radius 2 is 2.04 bits per heavy atom. The molecule has 0 unspecified atom stereocenters. The third-order valence-corrected chi connectivity index (χ3v) is 4.30. The summed E-state index contributed by atoms with van der Waals surface area (Å²) in [5, 5.41) is 6.37. The minimum Gasteiger partial charge on any atom is -0.497 e. The zero-order chi connectivity index (χ0) is 15.8. The van der Waals surface area contributed by atoms with E-state index in [0.717, 1.165) is 43.7 Å². The molecule has 1 saturated heterocycles. The lowest BCUT2D eigenvalue weighted by molar-refractivity contribution is -0.136. The number of nitrogens with one attached hydrogen (secondary N) is 2. The molecule has 130 valence electrons. The van der Waals surface area contributed by atoms with Gasteiger partial charge < -0.3 is 20.1 Å². The fourth-order valence-corrected chi connectivity index (χ4v) is 2.95. The van der Waals surface area contributed by atoms with E-state index in [-0.39, 0.29) is 23.7 Å². The van der Waals surface area contributed by atoms with Crippen molar-refractivity contribution in [1.82, 2.24) is 10.6 Å². The van der Waals surface area contributed by atoms with E-state index in [2.05, 4.69) is 10.6 Å². The van der Waals surface area contributed by atoms with Gasteiger partial charge in [0.05, 0.1) is 19.1 Å². The van der Waals surface area contributed by atoms with Crippen LogP contribution in [-0.2, 0) is 16.0 Å². The van der Waals surface area contributed by atoms with Gasteiger partial charge in [-0.05, 0) is 50.0 Å². The zero-order valence-electron chi connectivity index (χ0n) is 13.9. The van der Waals surface area contributed by atoms with E-state index in [1.807, 2.05) is 24.3 Å². The summed E-state index contributed by atoms with van der Waals surface area (Å²) in [4.78, 5) is 12.6. The highest BCUT2D eigenvalue weighted by Gasteiger charge is 2.39. The van der Waals surface area contributed by atoms with Crippen LogP contribution in [0.2, 0.25) is 0 Å². The molecule has 23 heavy (non-hydrogen) atoms. The number of benzene rings is 1. The van der Waals surface area contributed by atoms with Gasteiger partial charge in [0, 0.05) is 13.7 Å².